The predicted octanol–water partition coefficient (Wildman–Crippen LogP) is 5.03. The number of ether oxygens (including phenoxy) is 1. The quantitative estimate of drug-likeness (QED) is 0.222. The van der Waals surface area contributed by atoms with Gasteiger partial charge >= 0.3 is 12.1 Å². The van der Waals surface area contributed by atoms with Crippen molar-refractivity contribution < 1.29 is 14.3 Å². The molecule has 4 aromatic rings. The average Bonchev–Trinajstić information content (AvgIpc) is 2.95. The third kappa shape index (κ3) is 8.40. The number of nitrogens with zero attached hydrogens (tertiary/aromatic N) is 3. The first kappa shape index (κ1) is 29.8. The van der Waals surface area contributed by atoms with Crippen LogP contribution in [0.3, 0.4) is 0 Å². The Morgan fingerprint density at radius 1 is 0.929 bits per heavy atom. The number of para-hydroxylation sites is 1. The van der Waals surface area contributed by atoms with E-state index in [1.807, 2.05) is 36.4 Å². The molecule has 0 fully saturated rings. The Bertz CT molecular complexity index is 1550. The van der Waals surface area contributed by atoms with Crippen molar-refractivity contribution in [3.8, 4) is 11.3 Å². The van der Waals surface area contributed by atoms with Gasteiger partial charge in [0.25, 0.3) is 5.56 Å². The van der Waals surface area contributed by atoms with Crippen LogP contribution in [0.15, 0.2) is 90.0 Å². The van der Waals surface area contributed by atoms with E-state index in [1.165, 1.54) is 4.57 Å². The van der Waals surface area contributed by atoms with E-state index < -0.39 is 29.3 Å². The van der Waals surface area contributed by atoms with Crippen LogP contribution in [0.4, 0.5) is 26.9 Å². The van der Waals surface area contributed by atoms with Crippen LogP contribution in [0, 0.1) is 0 Å². The van der Waals surface area contributed by atoms with Crippen LogP contribution in [0.2, 0.25) is 0 Å². The highest BCUT2D eigenvalue weighted by molar-refractivity contribution is 6.01. The van der Waals surface area contributed by atoms with Crippen LogP contribution >= 0.6 is 0 Å². The molecule has 2 aromatic heterocycles. The molecule has 0 unspecified atom stereocenters. The summed E-state index contributed by atoms with van der Waals surface area (Å²) in [5, 5.41) is 11.5. The molecule has 0 saturated carbocycles. The molecule has 1 atom stereocenters. The number of anilines is 3. The zero-order chi connectivity index (χ0) is 30.1. The predicted molar refractivity (Wildman–Crippen MR) is 164 cm³/mol. The summed E-state index contributed by atoms with van der Waals surface area (Å²) >= 11 is 0. The molecule has 4 rings (SSSR count). The maximum atomic E-state index is 13.6. The van der Waals surface area contributed by atoms with Crippen LogP contribution in [-0.2, 0) is 18.2 Å². The van der Waals surface area contributed by atoms with Crippen molar-refractivity contribution in [1.29, 1.82) is 0 Å². The molecule has 42 heavy (non-hydrogen) atoms. The first-order valence-electron chi connectivity index (χ1n) is 13.5. The monoisotopic (exact) mass is 569 g/mol. The number of hydrogen-bond donors (Lipinski definition) is 4. The summed E-state index contributed by atoms with van der Waals surface area (Å²) in [5.41, 5.74) is 1.33. The zero-order valence-corrected chi connectivity index (χ0v) is 24.0. The molecule has 0 aliphatic rings. The van der Waals surface area contributed by atoms with Crippen molar-refractivity contribution in [3.05, 3.63) is 101 Å². The molecule has 0 spiro atoms. The average molecular weight is 570 g/mol. The number of rotatable bonds is 9. The maximum absolute atomic E-state index is 13.6. The van der Waals surface area contributed by atoms with Gasteiger partial charge in [0.15, 0.2) is 0 Å². The molecular weight excluding hydrogens is 534 g/mol. The molecule has 2 heterocycles. The SMILES string of the molecule is Cn1c(NC[C@H](Cc2ccccc2)NC(=O)OC(C)(C)C)nc(-c2ccncc2)c(NC(=O)Nc2ccccc2)c1=O. The minimum atomic E-state index is -0.657. The van der Waals surface area contributed by atoms with Crippen LogP contribution in [0.5, 0.6) is 0 Å². The smallest absolute Gasteiger partial charge is 0.407 e. The van der Waals surface area contributed by atoms with Crippen molar-refractivity contribution in [3.63, 3.8) is 0 Å². The third-order valence-corrected chi connectivity index (χ3v) is 6.07. The minimum absolute atomic E-state index is 0.00963. The second-order valence-corrected chi connectivity index (χ2v) is 10.6. The number of hydrogen-bond acceptors (Lipinski definition) is 7. The molecule has 3 amide bonds. The first-order chi connectivity index (χ1) is 20.1. The Balaban J connectivity index is 1.61. The van der Waals surface area contributed by atoms with E-state index in [0.717, 1.165) is 5.56 Å². The van der Waals surface area contributed by atoms with Gasteiger partial charge in [-0.1, -0.05) is 48.5 Å². The lowest BCUT2D eigenvalue weighted by Gasteiger charge is -2.24. The second kappa shape index (κ2) is 13.4. The molecule has 11 heteroatoms. The van der Waals surface area contributed by atoms with Gasteiger partial charge in [0.05, 0.1) is 6.04 Å². The number of alkyl carbamates (subject to hydrolysis) is 1. The Kier molecular flexibility index (Phi) is 9.53. The lowest BCUT2D eigenvalue weighted by Crippen LogP contribution is -2.44. The summed E-state index contributed by atoms with van der Waals surface area (Å²) in [4.78, 5) is 47.8. The van der Waals surface area contributed by atoms with E-state index in [2.05, 4.69) is 26.3 Å². The van der Waals surface area contributed by atoms with E-state index in [0.29, 0.717) is 17.7 Å². The molecule has 218 valence electrons. The van der Waals surface area contributed by atoms with Crippen LogP contribution < -0.4 is 26.8 Å². The fourth-order valence-electron chi connectivity index (χ4n) is 4.15. The highest BCUT2D eigenvalue weighted by atomic mass is 16.6. The Morgan fingerprint density at radius 3 is 2.21 bits per heavy atom. The van der Waals surface area contributed by atoms with E-state index in [1.54, 1.807) is 76.6 Å². The molecule has 11 nitrogen and oxygen atoms in total. The standard InChI is InChI=1S/C31H35N7O4/c1-31(2,3)42-30(41)35-24(19-21-11-7-5-8-12-21)20-33-28-36-25(22-15-17-32-18-16-22)26(27(39)38(28)4)37-29(40)34-23-13-9-6-10-14-23/h5-18,24H,19-20H2,1-4H3,(H,33,36)(H,35,41)(H2,34,37,40)/t24-/m0/s1. The van der Waals surface area contributed by atoms with Crippen molar-refractivity contribution in [2.45, 2.75) is 38.8 Å². The summed E-state index contributed by atoms with van der Waals surface area (Å²) in [7, 11) is 1.56. The topological polar surface area (TPSA) is 139 Å². The van der Waals surface area contributed by atoms with Gasteiger partial charge in [-0.05, 0) is 57.0 Å². The van der Waals surface area contributed by atoms with Crippen molar-refractivity contribution in [2.75, 3.05) is 22.5 Å². The number of carbonyl (C=O) groups excluding carboxylic acids is 2. The van der Waals surface area contributed by atoms with Crippen molar-refractivity contribution >= 4 is 29.4 Å². The van der Waals surface area contributed by atoms with Gasteiger partial charge in [0, 0.05) is 37.2 Å². The second-order valence-electron chi connectivity index (χ2n) is 10.6. The van der Waals surface area contributed by atoms with E-state index in [9.17, 15) is 14.4 Å². The molecule has 0 aliphatic carbocycles. The van der Waals surface area contributed by atoms with E-state index in [4.69, 9.17) is 9.72 Å². The van der Waals surface area contributed by atoms with Gasteiger partial charge in [0.2, 0.25) is 5.95 Å². The van der Waals surface area contributed by atoms with Crippen LogP contribution in [0.1, 0.15) is 26.3 Å². The largest absolute Gasteiger partial charge is 0.444 e. The van der Waals surface area contributed by atoms with Crippen LogP contribution in [-0.4, -0.2) is 44.8 Å². The molecule has 0 saturated heterocycles. The first-order valence-corrected chi connectivity index (χ1v) is 13.5. The Labute approximate surface area is 244 Å². The fraction of sp³-hybridized carbons (Fsp3) is 0.258. The summed E-state index contributed by atoms with van der Waals surface area (Å²) < 4.78 is 6.79. The minimum Gasteiger partial charge on any atom is -0.444 e. The molecular formula is C31H35N7O4. The highest BCUT2D eigenvalue weighted by Crippen LogP contribution is 2.24. The summed E-state index contributed by atoms with van der Waals surface area (Å²) in [6.45, 7) is 5.64. The number of nitrogens with one attached hydrogen (secondary N) is 4. The molecule has 2 aromatic carbocycles. The van der Waals surface area contributed by atoms with E-state index >= 15 is 0 Å². The zero-order valence-electron chi connectivity index (χ0n) is 24.0. The summed E-state index contributed by atoms with van der Waals surface area (Å²) in [6, 6.07) is 21.1. The van der Waals surface area contributed by atoms with Gasteiger partial charge < -0.3 is 26.0 Å². The van der Waals surface area contributed by atoms with Gasteiger partial charge in [-0.3, -0.25) is 14.3 Å². The Hall–Kier alpha value is -5.19. The lowest BCUT2D eigenvalue weighted by atomic mass is 10.1. The highest BCUT2D eigenvalue weighted by Gasteiger charge is 2.22. The Morgan fingerprint density at radius 2 is 1.57 bits per heavy atom. The normalized spacial score (nSPS) is 11.7. The number of benzene rings is 2. The summed E-state index contributed by atoms with van der Waals surface area (Å²) in [5.74, 6) is 0.255. The number of urea groups is 1. The number of carbonyl (C=O) groups is 2. The number of aromatic nitrogens is 3. The fourth-order valence-corrected chi connectivity index (χ4v) is 4.15. The number of pyridine rings is 1. The molecule has 4 N–H and O–H groups in total. The molecule has 0 bridgehead atoms. The van der Waals surface area contributed by atoms with Gasteiger partial charge in [-0.25, -0.2) is 14.6 Å². The van der Waals surface area contributed by atoms with Gasteiger partial charge in [0.1, 0.15) is 17.0 Å². The molecule has 0 radical (unpaired) electrons. The third-order valence-electron chi connectivity index (χ3n) is 6.07. The van der Waals surface area contributed by atoms with Crippen molar-refractivity contribution in [2.24, 2.45) is 7.05 Å². The summed E-state index contributed by atoms with van der Waals surface area (Å²) in [6.07, 6.45) is 3.12. The molecule has 0 aliphatic heterocycles. The maximum Gasteiger partial charge on any atom is 0.407 e. The lowest BCUT2D eigenvalue weighted by molar-refractivity contribution is 0.0507. The van der Waals surface area contributed by atoms with E-state index in [-0.39, 0.29) is 23.9 Å². The number of amides is 3. The van der Waals surface area contributed by atoms with Crippen LogP contribution in [0.25, 0.3) is 11.3 Å². The van der Waals surface area contributed by atoms with Crippen molar-refractivity contribution in [1.82, 2.24) is 19.9 Å². The van der Waals surface area contributed by atoms with Gasteiger partial charge in [-0.15, -0.1) is 0 Å². The van der Waals surface area contributed by atoms with Gasteiger partial charge in [-0.2, -0.15) is 0 Å².